The summed E-state index contributed by atoms with van der Waals surface area (Å²) in [4.78, 5) is 14.5. The van der Waals surface area contributed by atoms with E-state index in [0.29, 0.717) is 17.8 Å². The van der Waals surface area contributed by atoms with E-state index in [1.165, 1.54) is 29.5 Å². The summed E-state index contributed by atoms with van der Waals surface area (Å²) in [6, 6.07) is 0. The van der Waals surface area contributed by atoms with Crippen LogP contribution in [0.4, 0.5) is 0 Å². The molecule has 1 heterocycles. The number of rotatable bonds is 3. The van der Waals surface area contributed by atoms with Crippen LogP contribution in [0.5, 0.6) is 0 Å². The van der Waals surface area contributed by atoms with Crippen molar-refractivity contribution in [3.05, 3.63) is 18.0 Å². The van der Waals surface area contributed by atoms with E-state index in [-0.39, 0.29) is 23.7 Å². The Labute approximate surface area is 166 Å². The van der Waals surface area contributed by atoms with Crippen LogP contribution in [0, 0.1) is 35.0 Å². The Balaban J connectivity index is 1.35. The summed E-state index contributed by atoms with van der Waals surface area (Å²) in [7, 11) is 0. The van der Waals surface area contributed by atoms with Gasteiger partial charge in [0.1, 0.15) is 6.54 Å². The monoisotopic (exact) mass is 384 g/mol. The van der Waals surface area contributed by atoms with Crippen LogP contribution in [0.15, 0.2) is 18.0 Å². The van der Waals surface area contributed by atoms with Crippen molar-refractivity contribution in [1.82, 2.24) is 20.2 Å². The third-order valence-corrected chi connectivity index (χ3v) is 8.79. The minimum absolute atomic E-state index is 0.115. The second-order valence-electron chi connectivity index (χ2n) is 10.4. The van der Waals surface area contributed by atoms with Crippen LogP contribution in [0.1, 0.15) is 65.2 Å². The zero-order valence-electron chi connectivity index (χ0n) is 17.0. The number of aliphatic hydroxyl groups is 1. The van der Waals surface area contributed by atoms with Crippen molar-refractivity contribution in [3.63, 3.8) is 0 Å². The first-order chi connectivity index (χ1) is 13.4. The fraction of sp³-hybridized carbons (Fsp3) is 0.818. The topological polar surface area (TPSA) is 80.9 Å². The van der Waals surface area contributed by atoms with Crippen molar-refractivity contribution in [2.45, 2.75) is 77.4 Å². The first-order valence-electron chi connectivity index (χ1n) is 11.0. The highest BCUT2D eigenvalue weighted by Crippen LogP contribution is 2.63. The molecular formula is C22H32N4O2. The minimum Gasteiger partial charge on any atom is -0.390 e. The summed E-state index contributed by atoms with van der Waals surface area (Å²) in [5.41, 5.74) is 1.12. The Morgan fingerprint density at radius 3 is 2.86 bits per heavy atom. The molecule has 4 aliphatic rings. The average Bonchev–Trinajstić information content (AvgIpc) is 3.27. The van der Waals surface area contributed by atoms with Crippen molar-refractivity contribution in [2.24, 2.45) is 35.0 Å². The Morgan fingerprint density at radius 1 is 1.21 bits per heavy atom. The Kier molecular flexibility index (Phi) is 4.27. The van der Waals surface area contributed by atoms with Crippen LogP contribution >= 0.6 is 0 Å². The molecule has 0 bridgehead atoms. The van der Waals surface area contributed by atoms with Gasteiger partial charge in [-0.1, -0.05) is 18.6 Å². The van der Waals surface area contributed by atoms with Crippen LogP contribution < -0.4 is 0 Å². The van der Waals surface area contributed by atoms with Gasteiger partial charge in [0.25, 0.3) is 0 Å². The van der Waals surface area contributed by atoms with Crippen molar-refractivity contribution >= 4 is 5.78 Å². The van der Waals surface area contributed by atoms with Crippen LogP contribution in [0.3, 0.4) is 0 Å². The molecule has 0 radical (unpaired) electrons. The predicted molar refractivity (Wildman–Crippen MR) is 104 cm³/mol. The molecule has 28 heavy (non-hydrogen) atoms. The summed E-state index contributed by atoms with van der Waals surface area (Å²) >= 11 is 0. The molecule has 3 saturated carbocycles. The van der Waals surface area contributed by atoms with Crippen LogP contribution in [-0.2, 0) is 11.3 Å². The number of tetrazole rings is 1. The molecule has 1 aromatic rings. The van der Waals surface area contributed by atoms with Crippen LogP contribution in [-0.4, -0.2) is 36.7 Å². The molecule has 6 heteroatoms. The van der Waals surface area contributed by atoms with Gasteiger partial charge in [-0.15, -0.1) is 10.2 Å². The molecule has 7 unspecified atom stereocenters. The molecule has 1 aromatic heterocycles. The number of allylic oxidation sites excluding steroid dienone is 1. The average molecular weight is 385 g/mol. The van der Waals surface area contributed by atoms with Gasteiger partial charge < -0.3 is 5.11 Å². The lowest BCUT2D eigenvalue weighted by Gasteiger charge is -2.54. The summed E-state index contributed by atoms with van der Waals surface area (Å²) in [6.45, 7) is 4.62. The molecule has 0 aromatic carbocycles. The van der Waals surface area contributed by atoms with E-state index in [0.717, 1.165) is 44.4 Å². The predicted octanol–water partition coefficient (Wildman–Crippen LogP) is 3.18. The maximum absolute atomic E-state index is 13.1. The van der Waals surface area contributed by atoms with E-state index in [1.54, 1.807) is 0 Å². The molecule has 4 aliphatic carbocycles. The van der Waals surface area contributed by atoms with E-state index >= 15 is 0 Å². The Hall–Kier alpha value is -1.56. The van der Waals surface area contributed by atoms with E-state index < -0.39 is 5.60 Å². The van der Waals surface area contributed by atoms with Gasteiger partial charge in [0.2, 0.25) is 0 Å². The van der Waals surface area contributed by atoms with E-state index in [2.05, 4.69) is 28.4 Å². The van der Waals surface area contributed by atoms with Crippen molar-refractivity contribution in [2.75, 3.05) is 0 Å². The van der Waals surface area contributed by atoms with Gasteiger partial charge in [-0.25, -0.2) is 0 Å². The number of carbonyl (C=O) groups excluding carboxylic acids is 1. The number of nitrogens with zero attached hydrogens (tertiary/aromatic N) is 4. The number of Topliss-reactive ketones (excluding diaryl/α,β-unsaturated/α-hetero) is 1. The summed E-state index contributed by atoms with van der Waals surface area (Å²) in [5, 5.41) is 22.1. The molecule has 6 nitrogen and oxygen atoms in total. The molecule has 0 saturated heterocycles. The lowest BCUT2D eigenvalue weighted by molar-refractivity contribution is -0.130. The lowest BCUT2D eigenvalue weighted by atomic mass is 9.51. The second kappa shape index (κ2) is 6.48. The van der Waals surface area contributed by atoms with Gasteiger partial charge in [-0.3, -0.25) is 4.79 Å². The number of hydrogen-bond acceptors (Lipinski definition) is 5. The molecule has 152 valence electrons. The molecule has 1 N–H and O–H groups in total. The highest BCUT2D eigenvalue weighted by molar-refractivity contribution is 5.81. The second-order valence-corrected chi connectivity index (χ2v) is 10.4. The summed E-state index contributed by atoms with van der Waals surface area (Å²) < 4.78 is 0. The van der Waals surface area contributed by atoms with Gasteiger partial charge in [-0.05, 0) is 92.6 Å². The largest absolute Gasteiger partial charge is 0.390 e. The number of hydrogen-bond donors (Lipinski definition) is 1. The molecular weight excluding hydrogens is 352 g/mol. The summed E-state index contributed by atoms with van der Waals surface area (Å²) in [5.74, 6) is 3.17. The maximum atomic E-state index is 13.1. The van der Waals surface area contributed by atoms with Gasteiger partial charge in [-0.2, -0.15) is 4.80 Å². The van der Waals surface area contributed by atoms with E-state index in [4.69, 9.17) is 0 Å². The van der Waals surface area contributed by atoms with Gasteiger partial charge >= 0.3 is 0 Å². The van der Waals surface area contributed by atoms with E-state index in [9.17, 15) is 9.90 Å². The van der Waals surface area contributed by atoms with Gasteiger partial charge in [0.05, 0.1) is 5.60 Å². The van der Waals surface area contributed by atoms with Crippen LogP contribution in [0.25, 0.3) is 0 Å². The normalized spacial score (nSPS) is 45.0. The Morgan fingerprint density at radius 2 is 2.07 bits per heavy atom. The molecule has 5 rings (SSSR count). The first kappa shape index (κ1) is 18.5. The highest BCUT2D eigenvalue weighted by atomic mass is 16.3. The van der Waals surface area contributed by atoms with Crippen molar-refractivity contribution < 1.29 is 9.90 Å². The van der Waals surface area contributed by atoms with Crippen molar-refractivity contribution in [1.29, 1.82) is 0 Å². The standard InChI is InChI=1S/C22H32N4O2/c1-21(28)9-7-15-14(11-21)3-4-17-16(15)8-10-22(2)18(17)5-6-19(22)20(27)12-26-24-13-23-25-26/h3,13,15-19,28H,4-12H2,1-2H3. The Bertz CT molecular complexity index is 786. The van der Waals surface area contributed by atoms with Gasteiger partial charge in [0, 0.05) is 5.92 Å². The van der Waals surface area contributed by atoms with Gasteiger partial charge in [0.15, 0.2) is 12.1 Å². The zero-order valence-corrected chi connectivity index (χ0v) is 17.0. The van der Waals surface area contributed by atoms with Crippen LogP contribution in [0.2, 0.25) is 0 Å². The molecule has 0 spiro atoms. The first-order valence-corrected chi connectivity index (χ1v) is 11.0. The SMILES string of the molecule is CC1(O)CCC2C(=CCC3C2CCC2(C)C(C(=O)Cn4ncnn4)CCC32)C1. The summed E-state index contributed by atoms with van der Waals surface area (Å²) in [6.07, 6.45) is 12.5. The molecule has 0 amide bonds. The molecule has 0 aliphatic heterocycles. The third kappa shape index (κ3) is 2.87. The lowest BCUT2D eigenvalue weighted by Crippen LogP contribution is -2.48. The number of carbonyl (C=O) groups is 1. The van der Waals surface area contributed by atoms with E-state index in [1.807, 2.05) is 6.92 Å². The molecule has 3 fully saturated rings. The molecule has 7 atom stereocenters. The fourth-order valence-electron chi connectivity index (χ4n) is 7.51. The minimum atomic E-state index is -0.515. The number of ketones is 1. The fourth-order valence-corrected chi connectivity index (χ4v) is 7.51. The van der Waals surface area contributed by atoms with Crippen molar-refractivity contribution in [3.8, 4) is 0 Å². The third-order valence-electron chi connectivity index (χ3n) is 8.79. The quantitative estimate of drug-likeness (QED) is 0.810. The maximum Gasteiger partial charge on any atom is 0.162 e. The zero-order chi connectivity index (χ0) is 19.5. The number of fused-ring (bicyclic) bond motifs is 5. The highest BCUT2D eigenvalue weighted by Gasteiger charge is 2.57. The number of aromatic nitrogens is 4. The smallest absolute Gasteiger partial charge is 0.162 e.